The summed E-state index contributed by atoms with van der Waals surface area (Å²) < 4.78 is 11.0. The van der Waals surface area contributed by atoms with Gasteiger partial charge in [0.1, 0.15) is 23.3 Å². The van der Waals surface area contributed by atoms with Gasteiger partial charge in [0.15, 0.2) is 0 Å². The lowest BCUT2D eigenvalue weighted by molar-refractivity contribution is 0.217. The quantitative estimate of drug-likeness (QED) is 0.417. The Bertz CT molecular complexity index is 1290. The summed E-state index contributed by atoms with van der Waals surface area (Å²) in [6.07, 6.45) is 5.85. The van der Waals surface area contributed by atoms with E-state index >= 15 is 0 Å². The van der Waals surface area contributed by atoms with Crippen LogP contribution in [-0.2, 0) is 0 Å². The normalized spacial score (nSPS) is 15.4. The van der Waals surface area contributed by atoms with Crippen LogP contribution in [0.15, 0.2) is 48.8 Å². The molecule has 0 saturated carbocycles. The summed E-state index contributed by atoms with van der Waals surface area (Å²) in [7, 11) is 1.58. The van der Waals surface area contributed by atoms with Crippen LogP contribution in [0.2, 0.25) is 5.15 Å². The highest BCUT2D eigenvalue weighted by molar-refractivity contribution is 6.30. The van der Waals surface area contributed by atoms with E-state index in [2.05, 4.69) is 44.3 Å². The molecule has 6 nitrogen and oxygen atoms in total. The van der Waals surface area contributed by atoms with Gasteiger partial charge in [-0.05, 0) is 69.7 Å². The SMILES string of the molecule is C1CNC1.COc1cnc(Cl)c(C#Cc2ccc(C#Cc3cc(OCC4CCN4)cnc3C)cc2)c1. The minimum atomic E-state index is 0.347. The smallest absolute Gasteiger partial charge is 0.144 e. The van der Waals surface area contributed by atoms with Gasteiger partial charge >= 0.3 is 0 Å². The predicted octanol–water partition coefficient (Wildman–Crippen LogP) is 3.97. The van der Waals surface area contributed by atoms with Gasteiger partial charge in [0.2, 0.25) is 0 Å². The van der Waals surface area contributed by atoms with Gasteiger partial charge in [0.05, 0.1) is 30.8 Å². The Morgan fingerprint density at radius 2 is 1.50 bits per heavy atom. The molecule has 2 saturated heterocycles. The second-order valence-electron chi connectivity index (χ2n) is 8.45. The van der Waals surface area contributed by atoms with Gasteiger partial charge in [0, 0.05) is 28.8 Å². The molecule has 5 rings (SSSR count). The van der Waals surface area contributed by atoms with Gasteiger partial charge in [-0.15, -0.1) is 0 Å². The van der Waals surface area contributed by atoms with E-state index < -0.39 is 0 Å². The Hall–Kier alpha value is -3.55. The zero-order valence-corrected chi connectivity index (χ0v) is 21.3. The number of nitrogens with zero attached hydrogens (tertiary/aromatic N) is 2. The molecule has 184 valence electrons. The molecule has 4 heterocycles. The third kappa shape index (κ3) is 7.47. The minimum Gasteiger partial charge on any atom is -0.495 e. The van der Waals surface area contributed by atoms with Gasteiger partial charge in [-0.1, -0.05) is 35.3 Å². The van der Waals surface area contributed by atoms with E-state index in [4.69, 9.17) is 21.1 Å². The monoisotopic (exact) mass is 500 g/mol. The Morgan fingerprint density at radius 3 is 2.06 bits per heavy atom. The Labute approximate surface area is 217 Å². The van der Waals surface area contributed by atoms with Crippen LogP contribution in [0.5, 0.6) is 11.5 Å². The van der Waals surface area contributed by atoms with E-state index in [-0.39, 0.29) is 0 Å². The number of benzene rings is 1. The second-order valence-corrected chi connectivity index (χ2v) is 8.81. The van der Waals surface area contributed by atoms with Crippen molar-refractivity contribution in [3.05, 3.63) is 81.9 Å². The molecule has 1 unspecified atom stereocenters. The fourth-order valence-electron chi connectivity index (χ4n) is 3.13. The number of methoxy groups -OCH3 is 1. The lowest BCUT2D eigenvalue weighted by Crippen LogP contribution is -2.46. The predicted molar refractivity (Wildman–Crippen MR) is 143 cm³/mol. The number of aromatic nitrogens is 2. The lowest BCUT2D eigenvalue weighted by atomic mass is 10.1. The van der Waals surface area contributed by atoms with E-state index in [0.29, 0.717) is 29.1 Å². The van der Waals surface area contributed by atoms with Crippen LogP contribution >= 0.6 is 11.6 Å². The van der Waals surface area contributed by atoms with Crippen LogP contribution in [0.4, 0.5) is 0 Å². The summed E-state index contributed by atoms with van der Waals surface area (Å²) in [6.45, 7) is 6.16. The van der Waals surface area contributed by atoms with E-state index in [1.165, 1.54) is 19.5 Å². The fourth-order valence-corrected chi connectivity index (χ4v) is 3.28. The maximum absolute atomic E-state index is 6.11. The molecule has 2 aromatic heterocycles. The summed E-state index contributed by atoms with van der Waals surface area (Å²) in [6, 6.07) is 11.9. The van der Waals surface area contributed by atoms with Crippen LogP contribution in [0.25, 0.3) is 0 Å². The number of nitrogens with one attached hydrogen (secondary N) is 2. The molecule has 2 fully saturated rings. The number of pyridine rings is 2. The summed E-state index contributed by atoms with van der Waals surface area (Å²) >= 11 is 6.11. The largest absolute Gasteiger partial charge is 0.495 e. The average Bonchev–Trinajstić information content (AvgIpc) is 2.82. The summed E-state index contributed by atoms with van der Waals surface area (Å²) in [4.78, 5) is 8.48. The Kier molecular flexibility index (Phi) is 9.19. The lowest BCUT2D eigenvalue weighted by Gasteiger charge is -2.27. The van der Waals surface area contributed by atoms with Crippen molar-refractivity contribution >= 4 is 11.6 Å². The molecule has 0 aliphatic carbocycles. The maximum atomic E-state index is 6.11. The highest BCUT2D eigenvalue weighted by Gasteiger charge is 2.16. The summed E-state index contributed by atoms with van der Waals surface area (Å²) in [5.74, 6) is 13.9. The van der Waals surface area contributed by atoms with Crippen LogP contribution in [-0.4, -0.2) is 49.4 Å². The van der Waals surface area contributed by atoms with Crippen molar-refractivity contribution in [1.82, 2.24) is 20.6 Å². The molecule has 2 aliphatic heterocycles. The third-order valence-corrected chi connectivity index (χ3v) is 6.06. The van der Waals surface area contributed by atoms with Crippen LogP contribution in [0.3, 0.4) is 0 Å². The zero-order valence-electron chi connectivity index (χ0n) is 20.5. The fraction of sp³-hybridized carbons (Fsp3) is 0.310. The number of aryl methyl sites for hydroxylation is 1. The standard InChI is InChI=1S/C26H22ClN3O2.C3H7N/c1-18-21(13-25(16-29-18)32-17-23-11-12-28-23)9-7-19-3-5-20(6-4-19)8-10-22-14-24(31-2)15-30-26(22)27;1-2-4-3-1/h3-6,13-16,23,28H,11-12,17H2,1-2H3;4H,1-3H2. The van der Waals surface area contributed by atoms with Crippen molar-refractivity contribution < 1.29 is 9.47 Å². The topological polar surface area (TPSA) is 68.3 Å². The summed E-state index contributed by atoms with van der Waals surface area (Å²) in [5.41, 5.74) is 4.09. The van der Waals surface area contributed by atoms with Crippen molar-refractivity contribution in [1.29, 1.82) is 0 Å². The first-order valence-corrected chi connectivity index (χ1v) is 12.4. The first kappa shape index (κ1) is 25.5. The van der Waals surface area contributed by atoms with E-state index in [1.807, 2.05) is 37.3 Å². The van der Waals surface area contributed by atoms with Crippen LogP contribution < -0.4 is 20.1 Å². The van der Waals surface area contributed by atoms with Crippen molar-refractivity contribution in [2.75, 3.05) is 33.4 Å². The van der Waals surface area contributed by atoms with Crippen molar-refractivity contribution in [3.63, 3.8) is 0 Å². The van der Waals surface area contributed by atoms with Gasteiger partial charge in [-0.25, -0.2) is 4.98 Å². The highest BCUT2D eigenvalue weighted by Crippen LogP contribution is 2.18. The van der Waals surface area contributed by atoms with E-state index in [0.717, 1.165) is 41.1 Å². The third-order valence-electron chi connectivity index (χ3n) is 5.76. The molecular weight excluding hydrogens is 472 g/mol. The number of hydrogen-bond donors (Lipinski definition) is 2. The van der Waals surface area contributed by atoms with Crippen molar-refractivity contribution in [2.45, 2.75) is 25.8 Å². The molecule has 36 heavy (non-hydrogen) atoms. The molecule has 2 N–H and O–H groups in total. The molecule has 0 amide bonds. The van der Waals surface area contributed by atoms with E-state index in [1.54, 1.807) is 25.6 Å². The number of rotatable bonds is 4. The Morgan fingerprint density at radius 1 is 0.917 bits per heavy atom. The van der Waals surface area contributed by atoms with Gasteiger partial charge in [0.25, 0.3) is 0 Å². The first-order chi connectivity index (χ1) is 17.6. The number of halogens is 1. The zero-order chi connectivity index (χ0) is 25.2. The molecule has 1 aromatic carbocycles. The molecule has 0 radical (unpaired) electrons. The average molecular weight is 501 g/mol. The first-order valence-electron chi connectivity index (χ1n) is 12.0. The molecule has 3 aromatic rings. The highest BCUT2D eigenvalue weighted by atomic mass is 35.5. The minimum absolute atomic E-state index is 0.347. The molecule has 1 atom stereocenters. The maximum Gasteiger partial charge on any atom is 0.144 e. The molecular formula is C29H29ClN4O2. The Balaban J connectivity index is 0.000000692. The molecule has 2 aliphatic rings. The number of hydrogen-bond acceptors (Lipinski definition) is 6. The van der Waals surface area contributed by atoms with Crippen molar-refractivity contribution in [2.24, 2.45) is 0 Å². The molecule has 0 bridgehead atoms. The summed E-state index contributed by atoms with van der Waals surface area (Å²) in [5, 5.41) is 6.78. The second kappa shape index (κ2) is 13.0. The molecule has 7 heteroatoms. The van der Waals surface area contributed by atoms with E-state index in [9.17, 15) is 0 Å². The van der Waals surface area contributed by atoms with Crippen molar-refractivity contribution in [3.8, 4) is 35.2 Å². The van der Waals surface area contributed by atoms with Gasteiger partial charge in [-0.2, -0.15) is 0 Å². The van der Waals surface area contributed by atoms with Gasteiger partial charge in [-0.3, -0.25) is 4.98 Å². The number of ether oxygens (including phenoxy) is 2. The van der Waals surface area contributed by atoms with Crippen LogP contribution in [0.1, 0.15) is 40.8 Å². The van der Waals surface area contributed by atoms with Crippen LogP contribution in [0, 0.1) is 30.6 Å². The van der Waals surface area contributed by atoms with Gasteiger partial charge < -0.3 is 20.1 Å². The molecule has 0 spiro atoms.